The molecule has 0 saturated carbocycles. The lowest BCUT2D eigenvalue weighted by molar-refractivity contribution is -0.148. The van der Waals surface area contributed by atoms with E-state index in [1.807, 2.05) is 12.1 Å². The maximum Gasteiger partial charge on any atom is 0.316 e. The zero-order valence-corrected chi connectivity index (χ0v) is 9.40. The van der Waals surface area contributed by atoms with Gasteiger partial charge in [0.2, 0.25) is 0 Å². The van der Waals surface area contributed by atoms with Crippen molar-refractivity contribution < 1.29 is 9.53 Å². The Morgan fingerprint density at radius 1 is 1.38 bits per heavy atom. The van der Waals surface area contributed by atoms with Crippen molar-refractivity contribution in [1.82, 2.24) is 10.3 Å². The number of esters is 1. The Kier molecular flexibility index (Phi) is 3.19. The Morgan fingerprint density at radius 2 is 2.00 bits per heavy atom. The first kappa shape index (κ1) is 11.1. The Labute approximate surface area is 95.0 Å². The molecule has 1 fully saturated rings. The number of ether oxygens (including phenoxy) is 1. The van der Waals surface area contributed by atoms with Gasteiger partial charge in [0, 0.05) is 12.4 Å². The second-order valence-corrected chi connectivity index (χ2v) is 4.06. The van der Waals surface area contributed by atoms with Crippen LogP contribution in [0.1, 0.15) is 18.4 Å². The summed E-state index contributed by atoms with van der Waals surface area (Å²) >= 11 is 0. The van der Waals surface area contributed by atoms with E-state index in [0.29, 0.717) is 0 Å². The van der Waals surface area contributed by atoms with Gasteiger partial charge in [-0.3, -0.25) is 9.78 Å². The first-order chi connectivity index (χ1) is 7.79. The van der Waals surface area contributed by atoms with E-state index in [0.717, 1.165) is 31.5 Å². The summed E-state index contributed by atoms with van der Waals surface area (Å²) in [6, 6.07) is 3.81. The number of aromatic nitrogens is 1. The van der Waals surface area contributed by atoms with Gasteiger partial charge in [-0.05, 0) is 43.6 Å². The molecule has 0 radical (unpaired) electrons. The van der Waals surface area contributed by atoms with E-state index < -0.39 is 5.41 Å². The molecule has 0 unspecified atom stereocenters. The molecule has 1 aromatic heterocycles. The van der Waals surface area contributed by atoms with Crippen LogP contribution in [0.5, 0.6) is 0 Å². The zero-order chi connectivity index (χ0) is 11.4. The summed E-state index contributed by atoms with van der Waals surface area (Å²) in [6.45, 7) is 1.69. The molecule has 4 nitrogen and oxygen atoms in total. The quantitative estimate of drug-likeness (QED) is 0.752. The van der Waals surface area contributed by atoms with Crippen LogP contribution in [0.25, 0.3) is 0 Å². The van der Waals surface area contributed by atoms with Crippen LogP contribution in [0.4, 0.5) is 0 Å². The van der Waals surface area contributed by atoms with E-state index in [4.69, 9.17) is 4.74 Å². The van der Waals surface area contributed by atoms with Crippen LogP contribution >= 0.6 is 0 Å². The summed E-state index contributed by atoms with van der Waals surface area (Å²) in [7, 11) is 1.45. The third-order valence-corrected chi connectivity index (χ3v) is 3.27. The molecule has 1 N–H and O–H groups in total. The highest BCUT2D eigenvalue weighted by atomic mass is 16.5. The average Bonchev–Trinajstić information content (AvgIpc) is 2.39. The van der Waals surface area contributed by atoms with Crippen LogP contribution in [0.3, 0.4) is 0 Å². The molecule has 1 aliphatic heterocycles. The van der Waals surface area contributed by atoms with Crippen molar-refractivity contribution in [3.05, 3.63) is 30.1 Å². The van der Waals surface area contributed by atoms with Gasteiger partial charge in [0.25, 0.3) is 0 Å². The van der Waals surface area contributed by atoms with Crippen molar-refractivity contribution in [3.63, 3.8) is 0 Å². The lowest BCUT2D eigenvalue weighted by atomic mass is 9.73. The molecule has 1 aliphatic rings. The largest absolute Gasteiger partial charge is 0.468 e. The molecule has 0 atom stereocenters. The normalized spacial score (nSPS) is 19.1. The van der Waals surface area contributed by atoms with Crippen molar-refractivity contribution >= 4 is 5.97 Å². The van der Waals surface area contributed by atoms with Crippen molar-refractivity contribution in [3.8, 4) is 0 Å². The van der Waals surface area contributed by atoms with Gasteiger partial charge in [0.05, 0.1) is 12.5 Å². The Morgan fingerprint density at radius 3 is 2.56 bits per heavy atom. The fraction of sp³-hybridized carbons (Fsp3) is 0.500. The summed E-state index contributed by atoms with van der Waals surface area (Å²) in [4.78, 5) is 16.0. The molecular weight excluding hydrogens is 204 g/mol. The smallest absolute Gasteiger partial charge is 0.316 e. The number of methoxy groups -OCH3 is 1. The van der Waals surface area contributed by atoms with Gasteiger partial charge in [-0.1, -0.05) is 0 Å². The maximum absolute atomic E-state index is 12.0. The van der Waals surface area contributed by atoms with Gasteiger partial charge in [-0.25, -0.2) is 0 Å². The van der Waals surface area contributed by atoms with E-state index in [2.05, 4.69) is 10.3 Å². The van der Waals surface area contributed by atoms with E-state index in [1.165, 1.54) is 7.11 Å². The van der Waals surface area contributed by atoms with Gasteiger partial charge in [0.1, 0.15) is 0 Å². The molecule has 0 aliphatic carbocycles. The summed E-state index contributed by atoms with van der Waals surface area (Å²) in [6.07, 6.45) is 5.01. The number of nitrogens with zero attached hydrogens (tertiary/aromatic N) is 1. The number of carbonyl (C=O) groups excluding carboxylic acids is 1. The van der Waals surface area contributed by atoms with Crippen LogP contribution in [-0.2, 0) is 14.9 Å². The number of rotatable bonds is 2. The van der Waals surface area contributed by atoms with Crippen molar-refractivity contribution in [2.75, 3.05) is 20.2 Å². The van der Waals surface area contributed by atoms with Crippen LogP contribution in [0.15, 0.2) is 24.5 Å². The molecule has 0 amide bonds. The van der Waals surface area contributed by atoms with E-state index in [1.54, 1.807) is 12.4 Å². The highest BCUT2D eigenvalue weighted by Crippen LogP contribution is 2.34. The second kappa shape index (κ2) is 4.61. The minimum Gasteiger partial charge on any atom is -0.468 e. The standard InChI is InChI=1S/C12H16N2O2/c1-16-11(15)12(4-8-14-9-5-12)10-2-6-13-7-3-10/h2-3,6-7,14H,4-5,8-9H2,1H3. The van der Waals surface area contributed by atoms with Crippen LogP contribution < -0.4 is 5.32 Å². The predicted octanol–water partition coefficient (Wildman–Crippen LogP) is 0.876. The molecule has 0 bridgehead atoms. The van der Waals surface area contributed by atoms with Gasteiger partial charge in [-0.15, -0.1) is 0 Å². The third kappa shape index (κ3) is 1.80. The van der Waals surface area contributed by atoms with Crippen molar-refractivity contribution in [1.29, 1.82) is 0 Å². The zero-order valence-electron chi connectivity index (χ0n) is 9.40. The molecule has 1 saturated heterocycles. The Hall–Kier alpha value is -1.42. The van der Waals surface area contributed by atoms with Gasteiger partial charge in [0.15, 0.2) is 0 Å². The highest BCUT2D eigenvalue weighted by Gasteiger charge is 2.42. The molecule has 4 heteroatoms. The fourth-order valence-corrected chi connectivity index (χ4v) is 2.33. The minimum atomic E-state index is -0.483. The van der Waals surface area contributed by atoms with Crippen molar-refractivity contribution in [2.45, 2.75) is 18.3 Å². The predicted molar refractivity (Wildman–Crippen MR) is 60.0 cm³/mol. The van der Waals surface area contributed by atoms with E-state index in [-0.39, 0.29) is 5.97 Å². The topological polar surface area (TPSA) is 51.2 Å². The number of carbonyl (C=O) groups is 1. The van der Waals surface area contributed by atoms with Crippen molar-refractivity contribution in [2.24, 2.45) is 0 Å². The molecule has 0 aromatic carbocycles. The number of nitrogens with one attached hydrogen (secondary N) is 1. The van der Waals surface area contributed by atoms with E-state index in [9.17, 15) is 4.79 Å². The number of hydrogen-bond acceptors (Lipinski definition) is 4. The highest BCUT2D eigenvalue weighted by molar-refractivity contribution is 5.83. The Balaban J connectivity index is 2.38. The number of pyridine rings is 1. The molecule has 2 rings (SSSR count). The monoisotopic (exact) mass is 220 g/mol. The number of piperidine rings is 1. The average molecular weight is 220 g/mol. The fourth-order valence-electron chi connectivity index (χ4n) is 2.33. The Bertz CT molecular complexity index is 359. The van der Waals surface area contributed by atoms with Gasteiger partial charge in [-0.2, -0.15) is 0 Å². The molecule has 0 spiro atoms. The summed E-state index contributed by atoms with van der Waals surface area (Å²) < 4.78 is 4.96. The molecule has 1 aromatic rings. The van der Waals surface area contributed by atoms with Crippen LogP contribution in [-0.4, -0.2) is 31.2 Å². The summed E-state index contributed by atoms with van der Waals surface area (Å²) in [5, 5.41) is 3.26. The van der Waals surface area contributed by atoms with E-state index >= 15 is 0 Å². The van der Waals surface area contributed by atoms with Gasteiger partial charge >= 0.3 is 5.97 Å². The molecule has 2 heterocycles. The van der Waals surface area contributed by atoms with Crippen LogP contribution in [0.2, 0.25) is 0 Å². The first-order valence-corrected chi connectivity index (χ1v) is 5.49. The SMILES string of the molecule is COC(=O)C1(c2ccncc2)CCNCC1. The number of hydrogen-bond donors (Lipinski definition) is 1. The van der Waals surface area contributed by atoms with Gasteiger partial charge < -0.3 is 10.1 Å². The summed E-state index contributed by atoms with van der Waals surface area (Å²) in [5.41, 5.74) is 0.527. The van der Waals surface area contributed by atoms with Crippen LogP contribution in [0, 0.1) is 0 Å². The molecular formula is C12H16N2O2. The first-order valence-electron chi connectivity index (χ1n) is 5.49. The third-order valence-electron chi connectivity index (χ3n) is 3.27. The minimum absolute atomic E-state index is 0.139. The summed E-state index contributed by atoms with van der Waals surface area (Å²) in [5.74, 6) is -0.139. The molecule has 86 valence electrons. The molecule has 16 heavy (non-hydrogen) atoms. The lowest BCUT2D eigenvalue weighted by Crippen LogP contribution is -2.46. The second-order valence-electron chi connectivity index (χ2n) is 4.06. The maximum atomic E-state index is 12.0. The lowest BCUT2D eigenvalue weighted by Gasteiger charge is -2.35.